The summed E-state index contributed by atoms with van der Waals surface area (Å²) in [6, 6.07) is 0. The first kappa shape index (κ1) is 15.8. The number of carbonyl (C=O) groups is 2. The van der Waals surface area contributed by atoms with Crippen LogP contribution in [0.15, 0.2) is 0 Å². The van der Waals surface area contributed by atoms with Gasteiger partial charge in [-0.05, 0) is 67.1 Å². The van der Waals surface area contributed by atoms with Crippen molar-refractivity contribution in [3.63, 3.8) is 0 Å². The van der Waals surface area contributed by atoms with Gasteiger partial charge >= 0.3 is 0 Å². The highest BCUT2D eigenvalue weighted by Gasteiger charge is 2.62. The molecule has 0 aromatic heterocycles. The highest BCUT2D eigenvalue weighted by atomic mass is 16.3. The van der Waals surface area contributed by atoms with Gasteiger partial charge < -0.3 is 5.11 Å². The maximum absolute atomic E-state index is 12.4. The van der Waals surface area contributed by atoms with Crippen LogP contribution in [0.25, 0.3) is 0 Å². The number of carbonyl (C=O) groups excluding carboxylic acids is 2. The normalized spacial score (nSPS) is 52.7. The smallest absolute Gasteiger partial charge is 0.139 e. The van der Waals surface area contributed by atoms with Gasteiger partial charge in [-0.2, -0.15) is 0 Å². The molecule has 2 unspecified atom stereocenters. The second-order valence-corrected chi connectivity index (χ2v) is 9.26. The lowest BCUT2D eigenvalue weighted by Crippen LogP contribution is -2.57. The van der Waals surface area contributed by atoms with E-state index in [0.29, 0.717) is 41.7 Å². The Morgan fingerprint density at radius 1 is 1.04 bits per heavy atom. The van der Waals surface area contributed by atoms with Gasteiger partial charge in [-0.1, -0.05) is 13.8 Å². The number of aliphatic hydroxyl groups excluding tert-OH is 1. The van der Waals surface area contributed by atoms with Crippen molar-refractivity contribution in [2.24, 2.45) is 40.4 Å². The average Bonchev–Trinajstić information content (AvgIpc) is 2.83. The molecule has 4 fully saturated rings. The Kier molecular flexibility index (Phi) is 3.54. The molecule has 4 saturated carbocycles. The molecule has 4 rings (SSSR count). The van der Waals surface area contributed by atoms with E-state index in [-0.39, 0.29) is 23.4 Å². The molecule has 0 aromatic rings. The first-order chi connectivity index (χ1) is 10.9. The molecule has 3 nitrogen and oxygen atoms in total. The third kappa shape index (κ3) is 1.98. The summed E-state index contributed by atoms with van der Waals surface area (Å²) in [6.45, 7) is 4.72. The van der Waals surface area contributed by atoms with Crippen LogP contribution in [0.1, 0.15) is 65.2 Å². The predicted octanol–water partition coefficient (Wildman–Crippen LogP) is 3.39. The molecule has 0 radical (unpaired) electrons. The SMILES string of the molecule is C[C@]12C(CO)CC(=O)CC1CC[C@@H]1[C@@H]2CC[C@]2(C)C(=O)CC[C@@H]12. The van der Waals surface area contributed by atoms with Gasteiger partial charge in [-0.15, -0.1) is 0 Å². The summed E-state index contributed by atoms with van der Waals surface area (Å²) in [6.07, 6.45) is 7.55. The van der Waals surface area contributed by atoms with Gasteiger partial charge in [-0.25, -0.2) is 0 Å². The lowest BCUT2D eigenvalue weighted by Gasteiger charge is -2.61. The van der Waals surface area contributed by atoms with E-state index in [1.165, 1.54) is 6.42 Å². The maximum Gasteiger partial charge on any atom is 0.139 e. The molecule has 7 atom stereocenters. The summed E-state index contributed by atoms with van der Waals surface area (Å²) in [5.74, 6) is 3.18. The maximum atomic E-state index is 12.4. The number of Topliss-reactive ketones (excluding diaryl/α,β-unsaturated/α-hetero) is 2. The minimum Gasteiger partial charge on any atom is -0.396 e. The molecule has 4 aliphatic carbocycles. The molecule has 0 amide bonds. The number of rotatable bonds is 1. The fourth-order valence-electron chi connectivity index (χ4n) is 7.31. The largest absolute Gasteiger partial charge is 0.396 e. The lowest BCUT2D eigenvalue weighted by atomic mass is 9.43. The molecule has 0 heterocycles. The Morgan fingerprint density at radius 2 is 1.83 bits per heavy atom. The second kappa shape index (κ2) is 5.15. The molecule has 128 valence electrons. The van der Waals surface area contributed by atoms with Gasteiger partial charge in [0.15, 0.2) is 0 Å². The molecule has 0 spiro atoms. The van der Waals surface area contributed by atoms with Crippen molar-refractivity contribution in [2.45, 2.75) is 65.2 Å². The third-order valence-corrected chi connectivity index (χ3v) is 8.72. The van der Waals surface area contributed by atoms with Crippen LogP contribution in [0.2, 0.25) is 0 Å². The van der Waals surface area contributed by atoms with Gasteiger partial charge in [0, 0.05) is 31.3 Å². The molecular formula is C20H30O3. The van der Waals surface area contributed by atoms with Crippen LogP contribution in [0, 0.1) is 40.4 Å². The molecule has 3 heteroatoms. The van der Waals surface area contributed by atoms with E-state index in [2.05, 4.69) is 13.8 Å². The summed E-state index contributed by atoms with van der Waals surface area (Å²) in [5.41, 5.74) is 0.0160. The van der Waals surface area contributed by atoms with Gasteiger partial charge in [0.2, 0.25) is 0 Å². The topological polar surface area (TPSA) is 54.4 Å². The van der Waals surface area contributed by atoms with E-state index in [1.54, 1.807) is 0 Å². The summed E-state index contributed by atoms with van der Waals surface area (Å²) in [4.78, 5) is 24.6. The summed E-state index contributed by atoms with van der Waals surface area (Å²) < 4.78 is 0. The van der Waals surface area contributed by atoms with E-state index < -0.39 is 0 Å². The second-order valence-electron chi connectivity index (χ2n) is 9.26. The molecule has 23 heavy (non-hydrogen) atoms. The van der Waals surface area contributed by atoms with Crippen LogP contribution in [-0.2, 0) is 9.59 Å². The zero-order valence-electron chi connectivity index (χ0n) is 14.5. The Balaban J connectivity index is 1.69. The quantitative estimate of drug-likeness (QED) is 0.806. The fraction of sp³-hybridized carbons (Fsp3) is 0.900. The standard InChI is InChI=1S/C20H30O3/c1-19-8-7-17-15(16(19)5-6-18(19)23)4-3-12-9-14(22)10-13(11-21)20(12,17)2/h12-13,15-17,21H,3-11H2,1-2H3/t12?,13?,15-,16-,17-,19-,20+/m0/s1. The zero-order valence-corrected chi connectivity index (χ0v) is 14.5. The van der Waals surface area contributed by atoms with Crippen molar-refractivity contribution >= 4 is 11.6 Å². The number of fused-ring (bicyclic) bond motifs is 5. The van der Waals surface area contributed by atoms with Gasteiger partial charge in [-0.3, -0.25) is 9.59 Å². The zero-order chi connectivity index (χ0) is 16.4. The molecule has 0 aromatic carbocycles. The van der Waals surface area contributed by atoms with Crippen molar-refractivity contribution in [2.75, 3.05) is 6.61 Å². The van der Waals surface area contributed by atoms with Crippen LogP contribution in [0.4, 0.5) is 0 Å². The number of hydrogen-bond acceptors (Lipinski definition) is 3. The highest BCUT2D eigenvalue weighted by molar-refractivity contribution is 5.87. The van der Waals surface area contributed by atoms with Crippen LogP contribution in [0.3, 0.4) is 0 Å². The Morgan fingerprint density at radius 3 is 2.57 bits per heavy atom. The minimum atomic E-state index is -0.0798. The van der Waals surface area contributed by atoms with Crippen molar-refractivity contribution < 1.29 is 14.7 Å². The van der Waals surface area contributed by atoms with Crippen LogP contribution >= 0.6 is 0 Å². The van der Waals surface area contributed by atoms with E-state index in [4.69, 9.17) is 0 Å². The minimum absolute atomic E-state index is 0.0798. The van der Waals surface area contributed by atoms with E-state index in [0.717, 1.165) is 38.5 Å². The van der Waals surface area contributed by atoms with Crippen molar-refractivity contribution in [3.05, 3.63) is 0 Å². The van der Waals surface area contributed by atoms with Gasteiger partial charge in [0.1, 0.15) is 11.6 Å². The van der Waals surface area contributed by atoms with Crippen molar-refractivity contribution in [1.29, 1.82) is 0 Å². The molecule has 4 aliphatic rings. The third-order valence-electron chi connectivity index (χ3n) is 8.72. The predicted molar refractivity (Wildman–Crippen MR) is 87.7 cm³/mol. The number of ketones is 2. The fourth-order valence-corrected chi connectivity index (χ4v) is 7.31. The van der Waals surface area contributed by atoms with Crippen molar-refractivity contribution in [3.8, 4) is 0 Å². The Hall–Kier alpha value is -0.700. The first-order valence-corrected chi connectivity index (χ1v) is 9.57. The first-order valence-electron chi connectivity index (χ1n) is 9.57. The van der Waals surface area contributed by atoms with Crippen LogP contribution < -0.4 is 0 Å². The summed E-state index contributed by atoms with van der Waals surface area (Å²) >= 11 is 0. The number of aliphatic hydroxyl groups is 1. The Bertz CT molecular complexity index is 529. The van der Waals surface area contributed by atoms with Gasteiger partial charge in [0.25, 0.3) is 0 Å². The molecule has 0 aliphatic heterocycles. The van der Waals surface area contributed by atoms with Crippen LogP contribution in [0.5, 0.6) is 0 Å². The molecule has 0 saturated heterocycles. The molecule has 1 N–H and O–H groups in total. The van der Waals surface area contributed by atoms with E-state index in [1.807, 2.05) is 0 Å². The van der Waals surface area contributed by atoms with E-state index in [9.17, 15) is 14.7 Å². The molecular weight excluding hydrogens is 288 g/mol. The summed E-state index contributed by atoms with van der Waals surface area (Å²) in [7, 11) is 0. The highest BCUT2D eigenvalue weighted by Crippen LogP contribution is 2.66. The van der Waals surface area contributed by atoms with Crippen LogP contribution in [-0.4, -0.2) is 23.3 Å². The lowest BCUT2D eigenvalue weighted by molar-refractivity contribution is -0.159. The summed E-state index contributed by atoms with van der Waals surface area (Å²) in [5, 5.41) is 9.98. The van der Waals surface area contributed by atoms with E-state index >= 15 is 0 Å². The van der Waals surface area contributed by atoms with Crippen molar-refractivity contribution in [1.82, 2.24) is 0 Å². The molecule has 0 bridgehead atoms. The average molecular weight is 318 g/mol. The Labute approximate surface area is 139 Å². The monoisotopic (exact) mass is 318 g/mol. The number of hydrogen-bond donors (Lipinski definition) is 1. The van der Waals surface area contributed by atoms with Gasteiger partial charge in [0.05, 0.1) is 0 Å².